The summed E-state index contributed by atoms with van der Waals surface area (Å²) in [4.78, 5) is 36.5. The fourth-order valence-corrected chi connectivity index (χ4v) is 3.50. The van der Waals surface area contributed by atoms with Crippen LogP contribution in [0.3, 0.4) is 0 Å². The Morgan fingerprint density at radius 1 is 0.879 bits per heavy atom. The summed E-state index contributed by atoms with van der Waals surface area (Å²) in [5, 5.41) is 0.597. The quantitative estimate of drug-likeness (QED) is 0.424. The molecule has 1 aromatic heterocycles. The van der Waals surface area contributed by atoms with Gasteiger partial charge in [0.25, 0.3) is 5.56 Å². The van der Waals surface area contributed by atoms with Gasteiger partial charge < -0.3 is 19.0 Å². The number of carbonyl (C=O) groups excluding carboxylic acids is 1. The lowest BCUT2D eigenvalue weighted by molar-refractivity contribution is 0.0446. The minimum absolute atomic E-state index is 0.0586. The molecule has 0 spiro atoms. The third-order valence-electron chi connectivity index (χ3n) is 4.94. The van der Waals surface area contributed by atoms with Crippen molar-refractivity contribution in [2.45, 2.75) is 0 Å². The van der Waals surface area contributed by atoms with Crippen molar-refractivity contribution in [3.8, 4) is 28.6 Å². The second-order valence-corrected chi connectivity index (χ2v) is 7.28. The van der Waals surface area contributed by atoms with Crippen molar-refractivity contribution in [1.29, 1.82) is 0 Å². The Bertz CT molecular complexity index is 1420. The van der Waals surface area contributed by atoms with Crippen molar-refractivity contribution in [2.24, 2.45) is 0 Å². The number of hydrogen-bond acceptors (Lipinski definition) is 7. The molecule has 0 unspecified atom stereocenters. The van der Waals surface area contributed by atoms with Crippen LogP contribution < -0.4 is 24.6 Å². The SMILES string of the molecule is COc1ccc(-c2nc3ccccc3c(=O)n2OC(=O)c2cc(Cl)ccc2OC)cc1OC. The second kappa shape index (κ2) is 9.22. The lowest BCUT2D eigenvalue weighted by Crippen LogP contribution is -2.33. The minimum Gasteiger partial charge on any atom is -0.496 e. The predicted octanol–water partition coefficient (Wildman–Crippen LogP) is 4.01. The minimum atomic E-state index is -0.838. The van der Waals surface area contributed by atoms with E-state index in [0.29, 0.717) is 27.6 Å². The maximum atomic E-state index is 13.3. The number of aromatic nitrogens is 2. The summed E-state index contributed by atoms with van der Waals surface area (Å²) in [6, 6.07) is 16.3. The molecule has 0 aliphatic rings. The zero-order valence-corrected chi connectivity index (χ0v) is 18.8. The number of para-hydroxylation sites is 1. The van der Waals surface area contributed by atoms with Crippen molar-refractivity contribution in [1.82, 2.24) is 9.71 Å². The third-order valence-corrected chi connectivity index (χ3v) is 5.17. The second-order valence-electron chi connectivity index (χ2n) is 6.85. The molecule has 0 aliphatic heterocycles. The molecule has 3 aromatic carbocycles. The Kier molecular flexibility index (Phi) is 6.19. The highest BCUT2D eigenvalue weighted by Gasteiger charge is 2.21. The van der Waals surface area contributed by atoms with Crippen LogP contribution in [0.25, 0.3) is 22.3 Å². The number of halogens is 1. The summed E-state index contributed by atoms with van der Waals surface area (Å²) in [6.45, 7) is 0. The van der Waals surface area contributed by atoms with Crippen LogP contribution in [0.4, 0.5) is 0 Å². The van der Waals surface area contributed by atoms with Gasteiger partial charge in [-0.3, -0.25) is 4.79 Å². The van der Waals surface area contributed by atoms with Gasteiger partial charge in [0.2, 0.25) is 0 Å². The number of methoxy groups -OCH3 is 3. The Balaban J connectivity index is 1.91. The van der Waals surface area contributed by atoms with Gasteiger partial charge in [0.15, 0.2) is 17.3 Å². The molecule has 9 heteroatoms. The number of nitrogens with zero attached hydrogens (tertiary/aromatic N) is 2. The fraction of sp³-hybridized carbons (Fsp3) is 0.125. The van der Waals surface area contributed by atoms with Crippen LogP contribution in [0.5, 0.6) is 17.2 Å². The first-order valence-electron chi connectivity index (χ1n) is 9.77. The van der Waals surface area contributed by atoms with E-state index < -0.39 is 11.5 Å². The molecular formula is C24H19ClN2O6. The van der Waals surface area contributed by atoms with Gasteiger partial charge in [-0.25, -0.2) is 9.78 Å². The highest BCUT2D eigenvalue weighted by molar-refractivity contribution is 6.31. The van der Waals surface area contributed by atoms with Gasteiger partial charge in [-0.1, -0.05) is 23.7 Å². The highest BCUT2D eigenvalue weighted by Crippen LogP contribution is 2.32. The molecule has 168 valence electrons. The zero-order chi connectivity index (χ0) is 23.5. The number of benzene rings is 3. The molecule has 0 atom stereocenters. The summed E-state index contributed by atoms with van der Waals surface area (Å²) in [5.41, 5.74) is 0.421. The number of ether oxygens (including phenoxy) is 3. The molecule has 0 N–H and O–H groups in total. The van der Waals surface area contributed by atoms with E-state index in [1.807, 2.05) is 0 Å². The van der Waals surface area contributed by atoms with E-state index in [1.165, 1.54) is 33.5 Å². The van der Waals surface area contributed by atoms with E-state index in [-0.39, 0.29) is 22.5 Å². The van der Waals surface area contributed by atoms with E-state index in [4.69, 9.17) is 30.6 Å². The van der Waals surface area contributed by atoms with Crippen LogP contribution in [0.1, 0.15) is 10.4 Å². The monoisotopic (exact) mass is 466 g/mol. The van der Waals surface area contributed by atoms with Crippen molar-refractivity contribution >= 4 is 28.5 Å². The van der Waals surface area contributed by atoms with E-state index in [1.54, 1.807) is 48.5 Å². The Hall–Kier alpha value is -4.04. The molecule has 8 nitrogen and oxygen atoms in total. The predicted molar refractivity (Wildman–Crippen MR) is 123 cm³/mol. The first-order valence-corrected chi connectivity index (χ1v) is 10.1. The van der Waals surface area contributed by atoms with Crippen LogP contribution in [-0.4, -0.2) is 37.0 Å². The van der Waals surface area contributed by atoms with E-state index in [0.717, 1.165) is 4.73 Å². The molecular weight excluding hydrogens is 448 g/mol. The summed E-state index contributed by atoms with van der Waals surface area (Å²) < 4.78 is 16.7. The van der Waals surface area contributed by atoms with Crippen molar-refractivity contribution in [2.75, 3.05) is 21.3 Å². The molecule has 33 heavy (non-hydrogen) atoms. The third kappa shape index (κ3) is 4.20. The molecule has 0 fully saturated rings. The van der Waals surface area contributed by atoms with Gasteiger partial charge in [0.05, 0.1) is 32.2 Å². The summed E-state index contributed by atoms with van der Waals surface area (Å²) >= 11 is 6.05. The van der Waals surface area contributed by atoms with Crippen LogP contribution in [0, 0.1) is 0 Å². The van der Waals surface area contributed by atoms with Crippen LogP contribution in [0.2, 0.25) is 5.02 Å². The van der Waals surface area contributed by atoms with E-state index >= 15 is 0 Å². The summed E-state index contributed by atoms with van der Waals surface area (Å²) in [5.74, 6) is 0.437. The molecule has 0 saturated carbocycles. The lowest BCUT2D eigenvalue weighted by atomic mass is 10.1. The van der Waals surface area contributed by atoms with Gasteiger partial charge >= 0.3 is 5.97 Å². The van der Waals surface area contributed by atoms with Crippen molar-refractivity contribution < 1.29 is 23.8 Å². The number of hydrogen-bond donors (Lipinski definition) is 0. The van der Waals surface area contributed by atoms with Crippen LogP contribution in [0.15, 0.2) is 65.5 Å². The first kappa shape index (κ1) is 22.2. The number of carbonyl (C=O) groups is 1. The molecule has 0 saturated heterocycles. The standard InChI is InChI=1S/C24H19ClN2O6/c1-30-19-11-9-15(25)13-17(19)24(29)33-27-22(14-8-10-20(31-2)21(12-14)32-3)26-18-7-5-4-6-16(18)23(27)28/h4-13H,1-3H3. The first-order chi connectivity index (χ1) is 16.0. The average molecular weight is 467 g/mol. The van der Waals surface area contributed by atoms with Gasteiger partial charge in [-0.15, -0.1) is 4.73 Å². The molecule has 0 aliphatic carbocycles. The summed E-state index contributed by atoms with van der Waals surface area (Å²) in [6.07, 6.45) is 0. The van der Waals surface area contributed by atoms with E-state index in [2.05, 4.69) is 4.98 Å². The highest BCUT2D eigenvalue weighted by atomic mass is 35.5. The molecule has 4 aromatic rings. The maximum Gasteiger partial charge on any atom is 0.367 e. The Morgan fingerprint density at radius 2 is 1.58 bits per heavy atom. The molecule has 0 amide bonds. The topological polar surface area (TPSA) is 88.9 Å². The largest absolute Gasteiger partial charge is 0.496 e. The lowest BCUT2D eigenvalue weighted by Gasteiger charge is -2.15. The van der Waals surface area contributed by atoms with Crippen LogP contribution in [-0.2, 0) is 0 Å². The van der Waals surface area contributed by atoms with Gasteiger partial charge in [0.1, 0.15) is 11.3 Å². The van der Waals surface area contributed by atoms with Crippen LogP contribution >= 0.6 is 11.6 Å². The molecule has 4 rings (SSSR count). The van der Waals surface area contributed by atoms with Gasteiger partial charge in [0, 0.05) is 10.6 Å². The molecule has 0 bridgehead atoms. The number of rotatable bonds is 6. The van der Waals surface area contributed by atoms with Gasteiger partial charge in [-0.2, -0.15) is 0 Å². The van der Waals surface area contributed by atoms with E-state index in [9.17, 15) is 9.59 Å². The van der Waals surface area contributed by atoms with Crippen molar-refractivity contribution in [3.63, 3.8) is 0 Å². The Labute approximate surface area is 193 Å². The molecule has 0 radical (unpaired) electrons. The maximum absolute atomic E-state index is 13.3. The normalized spacial score (nSPS) is 10.7. The average Bonchev–Trinajstić information content (AvgIpc) is 2.85. The van der Waals surface area contributed by atoms with Gasteiger partial charge in [-0.05, 0) is 48.5 Å². The fourth-order valence-electron chi connectivity index (χ4n) is 3.33. The van der Waals surface area contributed by atoms with Crippen molar-refractivity contribution in [3.05, 3.63) is 81.6 Å². The Morgan fingerprint density at radius 3 is 2.30 bits per heavy atom. The smallest absolute Gasteiger partial charge is 0.367 e. The summed E-state index contributed by atoms with van der Waals surface area (Å²) in [7, 11) is 4.43. The number of fused-ring (bicyclic) bond motifs is 1. The zero-order valence-electron chi connectivity index (χ0n) is 18.0. The molecule has 1 heterocycles.